The predicted octanol–water partition coefficient (Wildman–Crippen LogP) is 0.315. The van der Waals surface area contributed by atoms with Crippen LogP contribution in [0.5, 0.6) is 0 Å². The number of benzene rings is 1. The van der Waals surface area contributed by atoms with Gasteiger partial charge in [-0.2, -0.15) is 0 Å². The van der Waals surface area contributed by atoms with E-state index >= 15 is 0 Å². The highest BCUT2D eigenvalue weighted by atomic mass is 16.4. The summed E-state index contributed by atoms with van der Waals surface area (Å²) in [6.45, 7) is 1.42. The molecule has 1 aromatic heterocycles. The highest BCUT2D eigenvalue weighted by Gasteiger charge is 2.13. The van der Waals surface area contributed by atoms with Gasteiger partial charge in [-0.15, -0.1) is 0 Å². The standard InChI is InChI=1S/C10H9BO4/c1-6(12)10-5-7-4-8(11(13)14)2-3-9(7)15-10/h2-5,13-14H,1H3. The number of rotatable bonds is 2. The van der Waals surface area contributed by atoms with Crippen molar-refractivity contribution in [1.82, 2.24) is 0 Å². The van der Waals surface area contributed by atoms with Crippen molar-refractivity contribution in [3.05, 3.63) is 30.0 Å². The van der Waals surface area contributed by atoms with Crippen molar-refractivity contribution in [3.63, 3.8) is 0 Å². The summed E-state index contributed by atoms with van der Waals surface area (Å²) in [5.74, 6) is 0.117. The van der Waals surface area contributed by atoms with Crippen LogP contribution in [0.2, 0.25) is 0 Å². The summed E-state index contributed by atoms with van der Waals surface area (Å²) < 4.78 is 5.25. The maximum Gasteiger partial charge on any atom is 0.488 e. The topological polar surface area (TPSA) is 70.7 Å². The van der Waals surface area contributed by atoms with E-state index in [-0.39, 0.29) is 11.5 Å². The monoisotopic (exact) mass is 204 g/mol. The van der Waals surface area contributed by atoms with E-state index in [0.29, 0.717) is 16.4 Å². The SMILES string of the molecule is CC(=O)c1cc2cc(B(O)O)ccc2o1. The van der Waals surface area contributed by atoms with Gasteiger partial charge in [0.25, 0.3) is 0 Å². The molecule has 2 rings (SSSR count). The van der Waals surface area contributed by atoms with Crippen molar-refractivity contribution in [2.45, 2.75) is 6.92 Å². The highest BCUT2D eigenvalue weighted by molar-refractivity contribution is 6.58. The Morgan fingerprint density at radius 1 is 1.33 bits per heavy atom. The largest absolute Gasteiger partial charge is 0.488 e. The lowest BCUT2D eigenvalue weighted by molar-refractivity contribution is 0.0989. The summed E-state index contributed by atoms with van der Waals surface area (Å²) in [5, 5.41) is 18.6. The van der Waals surface area contributed by atoms with Gasteiger partial charge in [0.05, 0.1) is 0 Å². The van der Waals surface area contributed by atoms with Gasteiger partial charge in [-0.1, -0.05) is 12.1 Å². The highest BCUT2D eigenvalue weighted by Crippen LogP contribution is 2.18. The van der Waals surface area contributed by atoms with Gasteiger partial charge in [-0.05, 0) is 17.6 Å². The van der Waals surface area contributed by atoms with E-state index in [1.165, 1.54) is 6.92 Å². The van der Waals surface area contributed by atoms with Crippen molar-refractivity contribution in [3.8, 4) is 0 Å². The normalized spacial score (nSPS) is 10.6. The van der Waals surface area contributed by atoms with E-state index < -0.39 is 7.12 Å². The van der Waals surface area contributed by atoms with Gasteiger partial charge in [0.1, 0.15) is 5.58 Å². The molecule has 0 aliphatic rings. The Balaban J connectivity index is 2.57. The second-order valence-corrected chi connectivity index (χ2v) is 3.34. The Bertz CT molecular complexity index is 515. The Hall–Kier alpha value is -1.59. The van der Waals surface area contributed by atoms with Crippen LogP contribution in [0.4, 0.5) is 0 Å². The molecule has 1 aromatic carbocycles. The van der Waals surface area contributed by atoms with Crippen LogP contribution in [0.3, 0.4) is 0 Å². The number of furan rings is 1. The fourth-order valence-electron chi connectivity index (χ4n) is 1.40. The third-order valence-corrected chi connectivity index (χ3v) is 2.19. The lowest BCUT2D eigenvalue weighted by Crippen LogP contribution is -2.29. The Kier molecular flexibility index (Phi) is 2.34. The minimum Gasteiger partial charge on any atom is -0.453 e. The fraction of sp³-hybridized carbons (Fsp3) is 0.100. The van der Waals surface area contributed by atoms with Crippen molar-refractivity contribution < 1.29 is 19.3 Å². The number of hydrogen-bond donors (Lipinski definition) is 2. The summed E-state index contributed by atoms with van der Waals surface area (Å²) >= 11 is 0. The number of hydrogen-bond acceptors (Lipinski definition) is 4. The zero-order valence-electron chi connectivity index (χ0n) is 8.10. The van der Waals surface area contributed by atoms with Crippen molar-refractivity contribution in [2.24, 2.45) is 0 Å². The Labute approximate surface area is 86.3 Å². The second kappa shape index (κ2) is 3.53. The molecule has 0 saturated carbocycles. The van der Waals surface area contributed by atoms with Crippen molar-refractivity contribution in [1.29, 1.82) is 0 Å². The van der Waals surface area contributed by atoms with Crippen LogP contribution in [0.1, 0.15) is 17.5 Å². The summed E-state index contributed by atoms with van der Waals surface area (Å²) in [4.78, 5) is 11.0. The molecule has 0 bridgehead atoms. The first kappa shape index (κ1) is 9.95. The lowest BCUT2D eigenvalue weighted by atomic mass is 9.80. The molecule has 1 heterocycles. The van der Waals surface area contributed by atoms with Gasteiger partial charge >= 0.3 is 7.12 Å². The average molecular weight is 204 g/mol. The summed E-state index contributed by atoms with van der Waals surface area (Å²) in [7, 11) is -1.51. The number of carbonyl (C=O) groups excluding carboxylic acids is 1. The summed E-state index contributed by atoms with van der Waals surface area (Å²) in [5.41, 5.74) is 0.933. The first-order valence-electron chi connectivity index (χ1n) is 4.48. The Morgan fingerprint density at radius 2 is 2.07 bits per heavy atom. The van der Waals surface area contributed by atoms with E-state index in [2.05, 4.69) is 0 Å². The number of carbonyl (C=O) groups is 1. The fourth-order valence-corrected chi connectivity index (χ4v) is 1.40. The van der Waals surface area contributed by atoms with Crippen LogP contribution >= 0.6 is 0 Å². The van der Waals surface area contributed by atoms with Gasteiger partial charge in [-0.25, -0.2) is 0 Å². The minimum absolute atomic E-state index is 0.155. The third-order valence-electron chi connectivity index (χ3n) is 2.19. The molecule has 0 fully saturated rings. The summed E-state index contributed by atoms with van der Waals surface area (Å²) in [6.07, 6.45) is 0. The number of Topliss-reactive ketones (excluding diaryl/α,β-unsaturated/α-hetero) is 1. The van der Waals surface area contributed by atoms with Crippen LogP contribution in [-0.4, -0.2) is 22.9 Å². The van der Waals surface area contributed by atoms with Crippen LogP contribution in [0.15, 0.2) is 28.7 Å². The van der Waals surface area contributed by atoms with Crippen LogP contribution in [0.25, 0.3) is 11.0 Å². The lowest BCUT2D eigenvalue weighted by Gasteiger charge is -1.97. The molecular weight excluding hydrogens is 195 g/mol. The molecule has 2 N–H and O–H groups in total. The third kappa shape index (κ3) is 1.79. The van der Waals surface area contributed by atoms with Crippen molar-refractivity contribution in [2.75, 3.05) is 0 Å². The van der Waals surface area contributed by atoms with E-state index in [0.717, 1.165) is 0 Å². The number of fused-ring (bicyclic) bond motifs is 1. The molecule has 0 aliphatic heterocycles. The first-order valence-corrected chi connectivity index (χ1v) is 4.48. The van der Waals surface area contributed by atoms with E-state index in [4.69, 9.17) is 14.5 Å². The maximum atomic E-state index is 11.0. The molecule has 0 spiro atoms. The molecule has 15 heavy (non-hydrogen) atoms. The zero-order valence-corrected chi connectivity index (χ0v) is 8.10. The van der Waals surface area contributed by atoms with Crippen molar-refractivity contribution >= 4 is 29.3 Å². The molecule has 2 aromatic rings. The molecule has 0 unspecified atom stereocenters. The first-order chi connectivity index (χ1) is 7.08. The molecule has 0 aliphatic carbocycles. The van der Waals surface area contributed by atoms with Gasteiger partial charge < -0.3 is 14.5 Å². The van der Waals surface area contributed by atoms with Crippen LogP contribution < -0.4 is 5.46 Å². The molecule has 4 nitrogen and oxygen atoms in total. The van der Waals surface area contributed by atoms with Gasteiger partial charge in [-0.3, -0.25) is 4.79 Å². The zero-order chi connectivity index (χ0) is 11.0. The molecule has 0 radical (unpaired) electrons. The predicted molar refractivity (Wildman–Crippen MR) is 56.0 cm³/mol. The maximum absolute atomic E-state index is 11.0. The van der Waals surface area contributed by atoms with Gasteiger partial charge in [0.15, 0.2) is 11.5 Å². The van der Waals surface area contributed by atoms with Gasteiger partial charge in [0, 0.05) is 12.3 Å². The minimum atomic E-state index is -1.51. The molecule has 76 valence electrons. The molecular formula is C10H9BO4. The van der Waals surface area contributed by atoms with E-state index in [9.17, 15) is 4.79 Å². The molecule has 5 heteroatoms. The molecule has 0 amide bonds. The molecule has 0 saturated heterocycles. The average Bonchev–Trinajstić information content (AvgIpc) is 2.59. The van der Waals surface area contributed by atoms with E-state index in [1.807, 2.05) is 0 Å². The Morgan fingerprint density at radius 3 is 2.67 bits per heavy atom. The van der Waals surface area contributed by atoms with Crippen LogP contribution in [0, 0.1) is 0 Å². The smallest absolute Gasteiger partial charge is 0.453 e. The second-order valence-electron chi connectivity index (χ2n) is 3.34. The van der Waals surface area contributed by atoms with Crippen LogP contribution in [-0.2, 0) is 0 Å². The quantitative estimate of drug-likeness (QED) is 0.545. The number of ketones is 1. The van der Waals surface area contributed by atoms with E-state index in [1.54, 1.807) is 24.3 Å². The summed E-state index contributed by atoms with van der Waals surface area (Å²) in [6, 6.07) is 6.32. The molecule has 0 atom stereocenters. The van der Waals surface area contributed by atoms with Gasteiger partial charge in [0.2, 0.25) is 0 Å².